The van der Waals surface area contributed by atoms with E-state index in [4.69, 9.17) is 0 Å². The molecule has 0 aliphatic carbocycles. The second kappa shape index (κ2) is 15.5. The largest absolute Gasteiger partial charge is 0.309 e. The average Bonchev–Trinajstić information content (AvgIpc) is 3.93. The lowest BCUT2D eigenvalue weighted by Crippen LogP contribution is -2.76. The summed E-state index contributed by atoms with van der Waals surface area (Å²) < 4.78 is 4.90. The molecule has 13 aromatic rings. The van der Waals surface area contributed by atoms with E-state index in [2.05, 4.69) is 264 Å². The fraction of sp³-hybridized carbons (Fsp3) is 0. The van der Waals surface area contributed by atoms with Gasteiger partial charge in [0.25, 0.3) is 0 Å². The zero-order chi connectivity index (χ0) is 44.8. The lowest BCUT2D eigenvalue weighted by molar-refractivity contribution is 1.16. The normalized spacial score (nSPS) is 14.5. The molecule has 0 fully saturated rings. The van der Waals surface area contributed by atoms with E-state index in [9.17, 15) is 0 Å². The number of hydrogen-bond donors (Lipinski definition) is 0. The molecule has 0 saturated heterocycles. The van der Waals surface area contributed by atoms with Crippen molar-refractivity contribution in [2.75, 3.05) is 0 Å². The van der Waals surface area contributed by atoms with Gasteiger partial charge in [-0.1, -0.05) is 206 Å². The Morgan fingerprint density at radius 2 is 0.691 bits per heavy atom. The number of nitrogens with zero attached hydrogens (tertiary/aromatic N) is 2. The minimum absolute atomic E-state index is 1.16. The molecule has 14 rings (SSSR count). The third-order valence-corrected chi connectivity index (χ3v) is 20.8. The maximum atomic E-state index is 2.49. The van der Waals surface area contributed by atoms with Crippen LogP contribution in [0.4, 0.5) is 0 Å². The van der Waals surface area contributed by atoms with E-state index in [1.54, 1.807) is 0 Å². The lowest BCUT2D eigenvalue weighted by Gasteiger charge is -2.40. The van der Waals surface area contributed by atoms with Crippen molar-refractivity contribution >= 4 is 95.0 Å². The van der Waals surface area contributed by atoms with Gasteiger partial charge < -0.3 is 9.13 Å². The number of benzene rings is 11. The van der Waals surface area contributed by atoms with Gasteiger partial charge in [-0.15, -0.1) is 0 Å². The van der Waals surface area contributed by atoms with Crippen molar-refractivity contribution in [1.29, 1.82) is 0 Å². The van der Waals surface area contributed by atoms with E-state index in [0.717, 1.165) is 5.69 Å². The highest BCUT2D eigenvalue weighted by Crippen LogP contribution is 2.40. The molecule has 0 spiro atoms. The Labute approximate surface area is 400 Å². The molecule has 3 heterocycles. The lowest BCUT2D eigenvalue weighted by atomic mass is 10.0. The van der Waals surface area contributed by atoms with Gasteiger partial charge in [0, 0.05) is 42.7 Å². The molecule has 1 atom stereocenters. The quantitative estimate of drug-likeness (QED) is 0.151. The predicted octanol–water partition coefficient (Wildman–Crippen LogP) is 14.2. The summed E-state index contributed by atoms with van der Waals surface area (Å²) in [4.78, 5) is 2.62. The molecule has 2 nitrogen and oxygen atoms in total. The van der Waals surface area contributed by atoms with Crippen LogP contribution in [-0.2, 0) is 0 Å². The van der Waals surface area contributed by atoms with Gasteiger partial charge >= 0.3 is 0 Å². The van der Waals surface area contributed by atoms with E-state index < -0.39 is 8.07 Å². The van der Waals surface area contributed by atoms with Gasteiger partial charge in [0.05, 0.1) is 22.1 Å². The van der Waals surface area contributed by atoms with Crippen molar-refractivity contribution in [3.05, 3.63) is 255 Å². The third-order valence-electron chi connectivity index (χ3n) is 14.5. The highest BCUT2D eigenvalue weighted by Gasteiger charge is 2.47. The van der Waals surface area contributed by atoms with E-state index >= 15 is 0 Å². The fourth-order valence-corrected chi connectivity index (χ4v) is 18.3. The standard InChI is InChI=1S/C64H42N2SSi/c1-2-14-43(15-3-1)45-28-34-51(35-29-45)68(52-36-31-49(32-37-52)65-57-22-10-6-18-53(57)54-19-7-11-23-58(54)65)63-38-30-48(47-27-26-44-16-4-5-17-46(44)40-47)41-61(63)67-62-42-50(33-39-64(62)68)66-59-24-12-8-20-55(59)56-21-9-13-25-60(56)66/h1-42H. The Morgan fingerprint density at radius 3 is 1.29 bits per heavy atom. The van der Waals surface area contributed by atoms with E-state index in [-0.39, 0.29) is 0 Å². The Balaban J connectivity index is 1.03. The number of para-hydroxylation sites is 4. The molecule has 0 bridgehead atoms. The average molecular weight is 899 g/mol. The summed E-state index contributed by atoms with van der Waals surface area (Å²) in [6, 6.07) is 95.5. The van der Waals surface area contributed by atoms with Crippen LogP contribution in [0.5, 0.6) is 0 Å². The number of hydrogen-bond acceptors (Lipinski definition) is 1. The van der Waals surface area contributed by atoms with Crippen molar-refractivity contribution in [2.45, 2.75) is 9.79 Å². The summed E-state index contributed by atoms with van der Waals surface area (Å²) in [5, 5.41) is 13.1. The van der Waals surface area contributed by atoms with Gasteiger partial charge in [0.2, 0.25) is 0 Å². The molecule has 68 heavy (non-hydrogen) atoms. The predicted molar refractivity (Wildman–Crippen MR) is 291 cm³/mol. The highest BCUT2D eigenvalue weighted by molar-refractivity contribution is 8.00. The van der Waals surface area contributed by atoms with Gasteiger partial charge in [-0.05, 0) is 114 Å². The Bertz CT molecular complexity index is 4000. The molecule has 0 amide bonds. The second-order valence-electron chi connectivity index (χ2n) is 18.0. The number of rotatable bonds is 6. The molecule has 1 aliphatic rings. The van der Waals surface area contributed by atoms with Crippen molar-refractivity contribution in [2.24, 2.45) is 0 Å². The van der Waals surface area contributed by atoms with Crippen LogP contribution in [0.15, 0.2) is 265 Å². The van der Waals surface area contributed by atoms with Crippen LogP contribution < -0.4 is 20.7 Å². The van der Waals surface area contributed by atoms with Gasteiger partial charge in [-0.3, -0.25) is 0 Å². The topological polar surface area (TPSA) is 9.86 Å². The molecule has 318 valence electrons. The smallest absolute Gasteiger partial charge is 0.181 e. The zero-order valence-electron chi connectivity index (χ0n) is 37.1. The van der Waals surface area contributed by atoms with Crippen LogP contribution in [0.2, 0.25) is 0 Å². The van der Waals surface area contributed by atoms with Crippen LogP contribution in [0, 0.1) is 0 Å². The molecule has 0 saturated carbocycles. The Kier molecular flexibility index (Phi) is 8.88. The van der Waals surface area contributed by atoms with Gasteiger partial charge in [-0.25, -0.2) is 0 Å². The zero-order valence-corrected chi connectivity index (χ0v) is 38.9. The first kappa shape index (κ1) is 39.1. The molecule has 2 aromatic heterocycles. The van der Waals surface area contributed by atoms with Crippen LogP contribution >= 0.6 is 11.8 Å². The minimum Gasteiger partial charge on any atom is -0.309 e. The molecular weight excluding hydrogens is 857 g/mol. The molecule has 11 aromatic carbocycles. The van der Waals surface area contributed by atoms with Gasteiger partial charge in [0.15, 0.2) is 8.07 Å². The first-order chi connectivity index (χ1) is 33.7. The van der Waals surface area contributed by atoms with Crippen molar-refractivity contribution in [3.8, 4) is 33.6 Å². The van der Waals surface area contributed by atoms with Crippen molar-refractivity contribution in [1.82, 2.24) is 9.13 Å². The minimum atomic E-state index is -3.04. The molecule has 4 heteroatoms. The summed E-state index contributed by atoms with van der Waals surface area (Å²) in [7, 11) is -3.04. The molecular formula is C64H42N2SSi. The molecule has 1 unspecified atom stereocenters. The summed E-state index contributed by atoms with van der Waals surface area (Å²) in [6.45, 7) is 0. The van der Waals surface area contributed by atoms with Crippen LogP contribution in [-0.4, -0.2) is 17.2 Å². The summed E-state index contributed by atoms with van der Waals surface area (Å²) in [6.07, 6.45) is 0. The van der Waals surface area contributed by atoms with Crippen LogP contribution in [0.25, 0.3) is 88.0 Å². The van der Waals surface area contributed by atoms with Crippen molar-refractivity contribution in [3.63, 3.8) is 0 Å². The van der Waals surface area contributed by atoms with Gasteiger partial charge in [-0.2, -0.15) is 0 Å². The Hall–Kier alpha value is -8.15. The first-order valence-electron chi connectivity index (χ1n) is 23.4. The maximum absolute atomic E-state index is 3.04. The number of aromatic nitrogens is 2. The highest BCUT2D eigenvalue weighted by atomic mass is 32.2. The summed E-state index contributed by atoms with van der Waals surface area (Å²) >= 11 is 1.93. The Morgan fingerprint density at radius 1 is 0.279 bits per heavy atom. The van der Waals surface area contributed by atoms with E-state index in [1.165, 1.54) is 113 Å². The van der Waals surface area contributed by atoms with E-state index in [0.29, 0.717) is 0 Å². The molecule has 0 N–H and O–H groups in total. The monoisotopic (exact) mass is 898 g/mol. The van der Waals surface area contributed by atoms with Gasteiger partial charge in [0.1, 0.15) is 0 Å². The maximum Gasteiger partial charge on any atom is 0.181 e. The third kappa shape index (κ3) is 5.91. The van der Waals surface area contributed by atoms with Crippen LogP contribution in [0.3, 0.4) is 0 Å². The van der Waals surface area contributed by atoms with Crippen LogP contribution in [0.1, 0.15) is 0 Å². The molecule has 1 aliphatic heterocycles. The number of fused-ring (bicyclic) bond motifs is 9. The summed E-state index contributed by atoms with van der Waals surface area (Å²) in [5.74, 6) is 0. The molecule has 0 radical (unpaired) electrons. The SMILES string of the molecule is c1ccc(-c2ccc([Si]3(c4ccc(-n5c6ccccc6c6ccccc65)cc4)c4ccc(-c5ccc6ccccc6c5)cc4Sc4cc(-n5c6ccccc6c6ccccc65)ccc43)cc2)cc1. The fourth-order valence-electron chi connectivity index (χ4n) is 11.4. The second-order valence-corrected chi connectivity index (χ2v) is 22.9. The summed E-state index contributed by atoms with van der Waals surface area (Å²) in [5.41, 5.74) is 12.1. The van der Waals surface area contributed by atoms with E-state index in [1.807, 2.05) is 11.8 Å². The van der Waals surface area contributed by atoms with Crippen molar-refractivity contribution < 1.29 is 0 Å². The first-order valence-corrected chi connectivity index (χ1v) is 26.2.